The first-order valence-corrected chi connectivity index (χ1v) is 11.4. The highest BCUT2D eigenvalue weighted by atomic mass is 14.6. The molecular weight excluding hydrogens is 324 g/mol. The van der Waals surface area contributed by atoms with Gasteiger partial charge in [0.05, 0.1) is 0 Å². The third-order valence-corrected chi connectivity index (χ3v) is 9.42. The van der Waals surface area contributed by atoms with Crippen LogP contribution in [0.1, 0.15) is 83.3 Å². The summed E-state index contributed by atoms with van der Waals surface area (Å²) in [5, 5.41) is 0. The highest BCUT2D eigenvalue weighted by Crippen LogP contribution is 2.66. The molecule has 5 rings (SSSR count). The molecule has 1 aromatic rings. The Morgan fingerprint density at radius 3 is 2.56 bits per heavy atom. The number of fused-ring (bicyclic) bond motifs is 5. The molecule has 1 aromatic carbocycles. The quantitative estimate of drug-likeness (QED) is 0.445. The Balaban J connectivity index is 0.00000192. The van der Waals surface area contributed by atoms with Gasteiger partial charge in [0.25, 0.3) is 0 Å². The lowest BCUT2D eigenvalue weighted by molar-refractivity contribution is -0.00980. The van der Waals surface area contributed by atoms with E-state index in [1.807, 2.05) is 5.57 Å². The third kappa shape index (κ3) is 2.48. The van der Waals surface area contributed by atoms with Gasteiger partial charge in [-0.25, -0.2) is 0 Å². The second-order valence-corrected chi connectivity index (χ2v) is 10.6. The largest absolute Gasteiger partial charge is 0.0845 e. The van der Waals surface area contributed by atoms with E-state index in [1.165, 1.54) is 68.1 Å². The van der Waals surface area contributed by atoms with Gasteiger partial charge in [0, 0.05) is 1.43 Å². The van der Waals surface area contributed by atoms with Crippen LogP contribution in [0, 0.1) is 42.4 Å². The standard InChI is InChI=1S/C27H36.H2/c1-18-8-9-20(17-19(18)2)23-12-13-24-22-11-10-21-7-5-6-15-26(21,3)25(22)14-16-27(23,24)4;/h8-10,12,17,22,24-25H,5-7,11,13-16H2,1-4H3;1H. The lowest BCUT2D eigenvalue weighted by Gasteiger charge is -2.57. The Kier molecular flexibility index (Phi) is 4.01. The van der Waals surface area contributed by atoms with Crippen molar-refractivity contribution in [3.8, 4) is 0 Å². The molecule has 0 nitrogen and oxygen atoms in total. The van der Waals surface area contributed by atoms with Crippen molar-refractivity contribution in [1.29, 1.82) is 0 Å². The van der Waals surface area contributed by atoms with Crippen LogP contribution in [0.5, 0.6) is 0 Å². The van der Waals surface area contributed by atoms with Crippen LogP contribution in [0.3, 0.4) is 0 Å². The summed E-state index contributed by atoms with van der Waals surface area (Å²) in [5.41, 5.74) is 8.76. The van der Waals surface area contributed by atoms with Gasteiger partial charge in [-0.3, -0.25) is 0 Å². The van der Waals surface area contributed by atoms with Crippen molar-refractivity contribution >= 4 is 5.57 Å². The van der Waals surface area contributed by atoms with E-state index in [-0.39, 0.29) is 1.43 Å². The predicted octanol–water partition coefficient (Wildman–Crippen LogP) is 7.90. The van der Waals surface area contributed by atoms with Gasteiger partial charge in [-0.15, -0.1) is 0 Å². The molecule has 0 amide bonds. The normalized spacial score (nSPS) is 40.5. The van der Waals surface area contributed by atoms with Crippen molar-refractivity contribution in [3.05, 3.63) is 52.6 Å². The predicted molar refractivity (Wildman–Crippen MR) is 118 cm³/mol. The first-order chi connectivity index (χ1) is 12.9. The van der Waals surface area contributed by atoms with E-state index in [1.54, 1.807) is 5.57 Å². The average molecular weight is 363 g/mol. The van der Waals surface area contributed by atoms with Crippen LogP contribution in [-0.2, 0) is 0 Å². The minimum absolute atomic E-state index is 0. The van der Waals surface area contributed by atoms with Crippen molar-refractivity contribution in [1.82, 2.24) is 0 Å². The Morgan fingerprint density at radius 1 is 0.889 bits per heavy atom. The minimum Gasteiger partial charge on any atom is -0.0845 e. The van der Waals surface area contributed by atoms with E-state index in [9.17, 15) is 0 Å². The second kappa shape index (κ2) is 6.10. The van der Waals surface area contributed by atoms with E-state index in [0.717, 1.165) is 17.8 Å². The van der Waals surface area contributed by atoms with E-state index < -0.39 is 0 Å². The molecule has 146 valence electrons. The molecule has 2 saturated carbocycles. The fourth-order valence-electron chi connectivity index (χ4n) is 7.62. The number of aryl methyl sites for hydroxylation is 2. The van der Waals surface area contributed by atoms with Crippen LogP contribution < -0.4 is 0 Å². The first kappa shape index (κ1) is 17.8. The Bertz CT molecular complexity index is 831. The molecule has 4 aliphatic carbocycles. The molecule has 27 heavy (non-hydrogen) atoms. The van der Waals surface area contributed by atoms with Gasteiger partial charge < -0.3 is 0 Å². The van der Waals surface area contributed by atoms with Gasteiger partial charge >= 0.3 is 0 Å². The molecule has 0 N–H and O–H groups in total. The number of hydrogen-bond donors (Lipinski definition) is 0. The van der Waals surface area contributed by atoms with Crippen molar-refractivity contribution in [2.75, 3.05) is 0 Å². The zero-order valence-electron chi connectivity index (χ0n) is 17.8. The maximum atomic E-state index is 2.69. The van der Waals surface area contributed by atoms with Crippen LogP contribution in [-0.4, -0.2) is 0 Å². The molecule has 0 heterocycles. The molecule has 0 spiro atoms. The number of allylic oxidation sites excluding steroid dienone is 4. The van der Waals surface area contributed by atoms with Gasteiger partial charge in [0.2, 0.25) is 0 Å². The maximum Gasteiger partial charge on any atom is 0 e. The van der Waals surface area contributed by atoms with Crippen LogP contribution in [0.25, 0.3) is 5.57 Å². The van der Waals surface area contributed by atoms with Gasteiger partial charge in [0.15, 0.2) is 0 Å². The summed E-state index contributed by atoms with van der Waals surface area (Å²) in [5.74, 6) is 2.68. The highest BCUT2D eigenvalue weighted by Gasteiger charge is 2.56. The summed E-state index contributed by atoms with van der Waals surface area (Å²) in [6.07, 6.45) is 16.5. The molecule has 5 atom stereocenters. The Labute approximate surface area is 167 Å². The lowest BCUT2D eigenvalue weighted by atomic mass is 9.47. The summed E-state index contributed by atoms with van der Waals surface area (Å²) >= 11 is 0. The summed E-state index contributed by atoms with van der Waals surface area (Å²) in [6.45, 7) is 9.73. The molecule has 0 heteroatoms. The Hall–Kier alpha value is -1.30. The monoisotopic (exact) mass is 362 g/mol. The minimum atomic E-state index is 0. The molecule has 0 saturated heterocycles. The van der Waals surface area contributed by atoms with E-state index in [4.69, 9.17) is 0 Å². The van der Waals surface area contributed by atoms with Crippen molar-refractivity contribution in [3.63, 3.8) is 0 Å². The van der Waals surface area contributed by atoms with Crippen molar-refractivity contribution < 1.29 is 1.43 Å². The van der Waals surface area contributed by atoms with E-state index in [2.05, 4.69) is 58.0 Å². The average Bonchev–Trinajstić information content (AvgIpc) is 3.01. The maximum absolute atomic E-state index is 2.69. The zero-order chi connectivity index (χ0) is 18.8. The molecule has 0 radical (unpaired) electrons. The molecule has 0 bridgehead atoms. The SMILES string of the molecule is Cc1ccc(C2=CCC3C4CC=C5CCCCC5(C)C4CCC23C)cc1C.[HH]. The van der Waals surface area contributed by atoms with Gasteiger partial charge in [-0.05, 0) is 110 Å². The van der Waals surface area contributed by atoms with E-state index in [0.29, 0.717) is 10.8 Å². The van der Waals surface area contributed by atoms with Crippen LogP contribution in [0.4, 0.5) is 0 Å². The summed E-state index contributed by atoms with van der Waals surface area (Å²) < 4.78 is 0. The zero-order valence-corrected chi connectivity index (χ0v) is 17.8. The lowest BCUT2D eigenvalue weighted by Crippen LogP contribution is -2.48. The molecule has 0 aromatic heterocycles. The van der Waals surface area contributed by atoms with Crippen molar-refractivity contribution in [2.24, 2.45) is 28.6 Å². The first-order valence-electron chi connectivity index (χ1n) is 11.4. The molecule has 0 aliphatic heterocycles. The molecule has 2 fully saturated rings. The number of hydrogen-bond acceptors (Lipinski definition) is 0. The van der Waals surface area contributed by atoms with Gasteiger partial charge in [0.1, 0.15) is 0 Å². The van der Waals surface area contributed by atoms with Crippen LogP contribution in [0.15, 0.2) is 35.9 Å². The molecular formula is C27H38. The Morgan fingerprint density at radius 2 is 1.74 bits per heavy atom. The van der Waals surface area contributed by atoms with Gasteiger partial charge in [-0.2, -0.15) is 0 Å². The second-order valence-electron chi connectivity index (χ2n) is 10.6. The van der Waals surface area contributed by atoms with Crippen molar-refractivity contribution in [2.45, 2.75) is 79.1 Å². The summed E-state index contributed by atoms with van der Waals surface area (Å²) in [7, 11) is 0. The fourth-order valence-corrected chi connectivity index (χ4v) is 7.62. The highest BCUT2D eigenvalue weighted by molar-refractivity contribution is 5.73. The number of rotatable bonds is 1. The third-order valence-electron chi connectivity index (χ3n) is 9.42. The summed E-state index contributed by atoms with van der Waals surface area (Å²) in [6, 6.07) is 7.16. The molecule has 4 aliphatic rings. The molecule has 5 unspecified atom stereocenters. The smallest absolute Gasteiger partial charge is 0 e. The van der Waals surface area contributed by atoms with Crippen LogP contribution in [0.2, 0.25) is 0 Å². The fraction of sp³-hybridized carbons (Fsp3) is 0.630. The summed E-state index contributed by atoms with van der Waals surface area (Å²) in [4.78, 5) is 0. The van der Waals surface area contributed by atoms with Gasteiger partial charge in [-0.1, -0.05) is 56.2 Å². The topological polar surface area (TPSA) is 0 Å². The van der Waals surface area contributed by atoms with Crippen LogP contribution >= 0.6 is 0 Å². The van der Waals surface area contributed by atoms with E-state index >= 15 is 0 Å². The number of benzene rings is 1.